The Morgan fingerprint density at radius 1 is 0.516 bits per heavy atom. The Labute approximate surface area is 736 Å². The zero-order chi connectivity index (χ0) is 91.7. The van der Waals surface area contributed by atoms with Crippen LogP contribution in [0.2, 0.25) is 15.9 Å². The molecule has 0 radical (unpaired) electrons. The highest BCUT2D eigenvalue weighted by molar-refractivity contribution is 6.29. The summed E-state index contributed by atoms with van der Waals surface area (Å²) in [5.74, 6) is 8.96. The second-order valence-corrected chi connectivity index (χ2v) is 29.6. The summed E-state index contributed by atoms with van der Waals surface area (Å²) >= 11 is 17.5. The minimum atomic E-state index is -2.72. The van der Waals surface area contributed by atoms with Crippen LogP contribution < -0.4 is 17.2 Å². The quantitative estimate of drug-likeness (QED) is 0.00810. The summed E-state index contributed by atoms with van der Waals surface area (Å²) in [4.78, 5) is 151. The Morgan fingerprint density at radius 3 is 1.32 bits per heavy atom. The lowest BCUT2D eigenvalue weighted by Gasteiger charge is -2.33. The van der Waals surface area contributed by atoms with E-state index < -0.39 is 155 Å². The monoisotopic (exact) mass is 1800 g/mol. The number of nitrogens with one attached hydrogen (secondary N) is 1. The summed E-state index contributed by atoms with van der Waals surface area (Å²) in [7, 11) is 0. The van der Waals surface area contributed by atoms with Crippen LogP contribution in [0.15, 0.2) is 110 Å². The summed E-state index contributed by atoms with van der Waals surface area (Å²) in [6, 6.07) is 26.0. The number of nitrogens with two attached hydrogens (primary N) is 3. The van der Waals surface area contributed by atoms with E-state index in [0.29, 0.717) is 33.7 Å². The minimum Gasteiger partial charge on any atom is -0.479 e. The Hall–Kier alpha value is -12.4. The first kappa shape index (κ1) is 99.0. The lowest BCUT2D eigenvalue weighted by atomic mass is 9.80. The Kier molecular flexibility index (Phi) is 33.4. The van der Waals surface area contributed by atoms with E-state index in [1.807, 2.05) is 12.1 Å². The molecule has 3 aromatic carbocycles. The maximum absolute atomic E-state index is 13.3. The number of imidazole rings is 3. The lowest BCUT2D eigenvalue weighted by molar-refractivity contribution is -0.201. The summed E-state index contributed by atoms with van der Waals surface area (Å²) in [6.07, 6.45) is -7.21. The van der Waals surface area contributed by atoms with Crippen LogP contribution in [0.1, 0.15) is 120 Å². The first-order valence-corrected chi connectivity index (χ1v) is 39.4. The molecule has 3 unspecified atom stereocenters. The number of hydrogen-bond acceptors (Lipinski definition) is 34. The van der Waals surface area contributed by atoms with Gasteiger partial charge in [0.1, 0.15) is 46.4 Å². The summed E-state index contributed by atoms with van der Waals surface area (Å²) in [5.41, 5.74) is 9.70. The van der Waals surface area contributed by atoms with Crippen molar-refractivity contribution in [2.75, 3.05) is 50.2 Å². The number of halogens is 3. The van der Waals surface area contributed by atoms with Gasteiger partial charge < -0.3 is 94.7 Å². The second-order valence-electron chi connectivity index (χ2n) is 28.6. The molecule has 0 saturated carbocycles. The second kappa shape index (κ2) is 42.5. The molecule has 3 fully saturated rings. The van der Waals surface area contributed by atoms with Crippen LogP contribution in [-0.4, -0.2) is 231 Å². The fourth-order valence-corrected chi connectivity index (χ4v) is 14.5. The predicted molar refractivity (Wildman–Crippen MR) is 451 cm³/mol. The summed E-state index contributed by atoms with van der Waals surface area (Å²) in [5, 5.41) is 41.8. The van der Waals surface area contributed by atoms with Crippen molar-refractivity contribution in [3.05, 3.63) is 143 Å². The number of Topliss-reactive ketones (excluding diaryl/α,β-unsaturated/α-hetero) is 2. The molecule has 39 nitrogen and oxygen atoms in total. The van der Waals surface area contributed by atoms with Gasteiger partial charge in [-0.1, -0.05) is 116 Å². The smallest absolute Gasteiger partial charge is 0.348 e. The molecule has 12 rings (SSSR count). The maximum Gasteiger partial charge on any atom is 0.348 e. The van der Waals surface area contributed by atoms with E-state index in [9.17, 15) is 63.6 Å². The molecular weight excluding hydrogens is 1710 g/mol. The average Bonchev–Trinajstić information content (AvgIpc) is 1.59. The zero-order valence-corrected chi connectivity index (χ0v) is 71.8. The largest absolute Gasteiger partial charge is 0.479 e. The van der Waals surface area contributed by atoms with Gasteiger partial charge in [-0.05, 0) is 114 Å². The van der Waals surface area contributed by atoms with Crippen molar-refractivity contribution in [2.45, 2.75) is 188 Å². The minimum absolute atomic E-state index is 0. The number of carbonyl (C=O) groups is 9. The molecule has 9 heterocycles. The van der Waals surface area contributed by atoms with Crippen molar-refractivity contribution < 1.29 is 116 Å². The van der Waals surface area contributed by atoms with Gasteiger partial charge in [0.2, 0.25) is 33.3 Å². The number of ether oxygens (including phenoxy) is 11. The van der Waals surface area contributed by atoms with E-state index in [0.717, 1.165) is 0 Å². The lowest BCUT2D eigenvalue weighted by Crippen LogP contribution is -2.55. The van der Waals surface area contributed by atoms with E-state index in [1.165, 1.54) is 69.7 Å². The van der Waals surface area contributed by atoms with Crippen LogP contribution in [0.25, 0.3) is 33.5 Å². The molecule has 3 saturated heterocycles. The van der Waals surface area contributed by atoms with E-state index in [4.69, 9.17) is 104 Å². The number of benzene rings is 3. The van der Waals surface area contributed by atoms with E-state index in [-0.39, 0.29) is 96.5 Å². The number of nitrogens with zero attached hydrogens (tertiary/aromatic N) is 11. The molecule has 126 heavy (non-hydrogen) atoms. The van der Waals surface area contributed by atoms with E-state index in [1.54, 1.807) is 120 Å². The third-order valence-electron chi connectivity index (χ3n) is 20.2. The number of hydrogen-bond donors (Lipinski definition) is 8. The molecule has 11 N–H and O–H groups in total. The highest BCUT2D eigenvalue weighted by Crippen LogP contribution is 2.48. The molecule has 3 aliphatic heterocycles. The van der Waals surface area contributed by atoms with Crippen molar-refractivity contribution >= 4 is 139 Å². The Balaban J connectivity index is 0.000000219. The molecule has 0 bridgehead atoms. The van der Waals surface area contributed by atoms with Crippen LogP contribution in [0.4, 0.5) is 17.5 Å². The number of carboxylic acids is 2. The number of nitrogen functional groups attached to an aromatic ring is 3. The van der Waals surface area contributed by atoms with Crippen LogP contribution in [0.5, 0.6) is 0 Å². The fraction of sp³-hybridized carbons (Fsp3) is 0.429. The molecule has 0 aliphatic carbocycles. The SMILES string of the molecule is C.CC#C[C@@]1(C)[C@@H](COC(Cc2ccccc2)(C(C)=O)C(=O)OCC)OC(OC(C)=O)[C@@H]1OC(C)=O.CC#C[C@@]1(C)[C@@H](COC(Cc2ccccc2)(C(C)=O)C(=O)OCC)O[C@@H](n2cnc3c(N)nc(Cl)nc32)[C@@H]1OC(C)=O.CC#C[C@@]1(O)[C@@H](COC(Cc2ccccc2)(C(=O)O)C(=O)O)O[C@@H](n2cnc3c(N)nc(Cl)nc32)[C@@H]1O.Nc1nc(Cl)nc2nc[nH]c12. The Bertz CT molecular complexity index is 5650. The van der Waals surface area contributed by atoms with Gasteiger partial charge in [-0.2, -0.15) is 29.9 Å². The number of H-pyrrole nitrogens is 1. The van der Waals surface area contributed by atoms with Crippen molar-refractivity contribution in [1.82, 2.24) is 59.0 Å². The highest BCUT2D eigenvalue weighted by atomic mass is 35.5. The van der Waals surface area contributed by atoms with Gasteiger partial charge in [0, 0.05) is 40.0 Å². The van der Waals surface area contributed by atoms with Gasteiger partial charge in [0.05, 0.1) is 57.4 Å². The fourth-order valence-electron chi connectivity index (χ4n) is 14.0. The molecule has 9 aromatic rings. The summed E-state index contributed by atoms with van der Waals surface area (Å²) < 4.78 is 65.7. The topological polar surface area (TPSA) is 556 Å². The molecular formula is C84H94Cl3N15O24. The number of rotatable bonds is 28. The number of aliphatic carboxylic acids is 2. The number of ketones is 2. The number of carboxylic acid groups (broad SMARTS) is 2. The third-order valence-corrected chi connectivity index (χ3v) is 20.7. The number of carbonyl (C=O) groups excluding carboxylic acids is 7. The zero-order valence-electron chi connectivity index (χ0n) is 69.5. The van der Waals surface area contributed by atoms with Gasteiger partial charge in [0.15, 0.2) is 76.2 Å². The predicted octanol–water partition coefficient (Wildman–Crippen LogP) is 6.92. The standard InChI is InChI=1S/C29H32ClN5O7.C26H32O9.C23H22ClN5O8.C5H4ClN5.CH4/c1-6-13-28(5)20(15-40-29(17(3)36,26(38)39-7-2)14-19-11-9-8-10-12-19)42-25(22(28)41-18(4)37)35-16-32-21-23(31)33-27(30)34-24(21)35;1-7-14-25(6)21(35-23(34-19(5)29)22(25)33-18(4)28)16-32-26(17(3)27,24(30)31-8-2)15-20-12-10-9-11-13-20;1-2-8-22(35)13(10-36-23(19(31)32,20(33)34)9-12-6-4-3-5-7-12)37-18(15(22)30)29-11-26-14-16(25)27-21(24)28-17(14)29;6-5-10-3(7)2-4(11-5)9-1-8-2;/h8-12,16,20,22,25H,7,14-15H2,1-5H3,(H2,31,33,34);9-13,21-23H,8,15-16H2,1-6H3;3-7,11,13,15,18,30,35H,9-10H2,1H3,(H,31,32)(H,33,34)(H2,25,27,28);1H,(H3,7,8,9,10,11);1H4/t20-,22+,25-,28+,29?;21-,22+,23?,25+,26?;13-,15+,18-,22-;;/m111../s1. The molecule has 6 aromatic heterocycles. The van der Waals surface area contributed by atoms with Crippen LogP contribution in [0, 0.1) is 46.4 Å². The summed E-state index contributed by atoms with van der Waals surface area (Å²) in [6.45, 7) is 16.3. The normalized spacial score (nSPS) is 22.4. The van der Waals surface area contributed by atoms with Gasteiger partial charge >= 0.3 is 41.8 Å². The van der Waals surface area contributed by atoms with Crippen molar-refractivity contribution in [3.63, 3.8) is 0 Å². The first-order chi connectivity index (χ1) is 59.3. The number of aromatic nitrogens is 12. The van der Waals surface area contributed by atoms with Gasteiger partial charge in [-0.15, -0.1) is 17.8 Å². The van der Waals surface area contributed by atoms with E-state index >= 15 is 0 Å². The average molecular weight is 1800 g/mol. The molecule has 14 atom stereocenters. The number of anilines is 3. The number of esters is 5. The number of fused-ring (bicyclic) bond motifs is 3. The number of aromatic amines is 1. The number of aliphatic hydroxyl groups is 2. The van der Waals surface area contributed by atoms with Crippen molar-refractivity contribution in [2.24, 2.45) is 10.8 Å². The van der Waals surface area contributed by atoms with Crippen molar-refractivity contribution in [3.8, 4) is 35.5 Å². The van der Waals surface area contributed by atoms with Gasteiger partial charge in [-0.3, -0.25) is 33.1 Å². The molecule has 42 heteroatoms. The van der Waals surface area contributed by atoms with Crippen molar-refractivity contribution in [1.29, 1.82) is 0 Å². The molecule has 0 amide bonds. The van der Waals surface area contributed by atoms with Crippen LogP contribution in [-0.2, 0) is 115 Å². The highest BCUT2D eigenvalue weighted by Gasteiger charge is 2.62. The molecule has 670 valence electrons. The molecule has 3 aliphatic rings. The number of aliphatic hydroxyl groups excluding tert-OH is 1. The van der Waals surface area contributed by atoms with E-state index in [2.05, 4.69) is 85.4 Å². The van der Waals surface area contributed by atoms with Crippen LogP contribution in [0.3, 0.4) is 0 Å². The van der Waals surface area contributed by atoms with Gasteiger partial charge in [0.25, 0.3) is 5.60 Å². The van der Waals surface area contributed by atoms with Gasteiger partial charge in [-0.25, -0.2) is 34.1 Å². The first-order valence-electron chi connectivity index (χ1n) is 38.3. The third kappa shape index (κ3) is 21.7. The Morgan fingerprint density at radius 2 is 0.897 bits per heavy atom. The maximum atomic E-state index is 13.3. The molecule has 0 spiro atoms. The van der Waals surface area contributed by atoms with Crippen LogP contribution >= 0.6 is 34.8 Å².